The molecule has 0 atom stereocenters. The molecule has 1 radical (unpaired) electrons. The Hall–Kier alpha value is -1.14. The quantitative estimate of drug-likeness (QED) is 0.536. The molecule has 6 heteroatoms. The lowest BCUT2D eigenvalue weighted by Crippen LogP contribution is -2.33. The number of hydrogen-bond acceptors (Lipinski definition) is 6. The molecule has 0 aliphatic heterocycles. The fraction of sp³-hybridized carbons (Fsp3) is 0.800. The van der Waals surface area contributed by atoms with E-state index in [0.29, 0.717) is 6.10 Å². The summed E-state index contributed by atoms with van der Waals surface area (Å²) in [5, 5.41) is 0. The van der Waals surface area contributed by atoms with Crippen LogP contribution in [0.5, 0.6) is 0 Å². The summed E-state index contributed by atoms with van der Waals surface area (Å²) >= 11 is 0. The smallest absolute Gasteiger partial charge is 0.320 e. The van der Waals surface area contributed by atoms with Crippen LogP contribution in [0.25, 0.3) is 0 Å². The number of esters is 2. The minimum absolute atomic E-state index is 0.0179. The van der Waals surface area contributed by atoms with E-state index in [9.17, 15) is 9.59 Å². The van der Waals surface area contributed by atoms with Crippen molar-refractivity contribution in [2.24, 2.45) is 0 Å². The third-order valence-electron chi connectivity index (χ3n) is 3.22. The third-order valence-corrected chi connectivity index (χ3v) is 3.22. The van der Waals surface area contributed by atoms with Crippen molar-refractivity contribution in [3.63, 3.8) is 0 Å². The summed E-state index contributed by atoms with van der Waals surface area (Å²) in [6.45, 7) is 13.3. The van der Waals surface area contributed by atoms with E-state index >= 15 is 0 Å². The Kier molecular flexibility index (Phi) is 10.9. The summed E-state index contributed by atoms with van der Waals surface area (Å²) < 4.78 is 10.2. The van der Waals surface area contributed by atoms with Crippen LogP contribution in [0.3, 0.4) is 0 Å². The molecule has 0 aromatic carbocycles. The second kappa shape index (κ2) is 11.5. The van der Waals surface area contributed by atoms with E-state index in [0.717, 1.165) is 26.2 Å². The Bertz CT molecular complexity index is 302. The van der Waals surface area contributed by atoms with Crippen molar-refractivity contribution in [2.75, 3.05) is 45.9 Å². The Morgan fingerprint density at radius 3 is 1.67 bits per heavy atom. The van der Waals surface area contributed by atoms with E-state index < -0.39 is 0 Å². The van der Waals surface area contributed by atoms with Crippen LogP contribution in [0, 0.1) is 6.10 Å². The first kappa shape index (κ1) is 19.9. The molecule has 0 bridgehead atoms. The van der Waals surface area contributed by atoms with Crippen molar-refractivity contribution in [3.05, 3.63) is 6.10 Å². The lowest BCUT2D eigenvalue weighted by molar-refractivity contribution is -0.152. The maximum Gasteiger partial charge on any atom is 0.320 e. The summed E-state index contributed by atoms with van der Waals surface area (Å²) in [5.41, 5.74) is 0. The van der Waals surface area contributed by atoms with Crippen molar-refractivity contribution in [2.45, 2.75) is 34.6 Å². The normalized spacial score (nSPS) is 11.2. The van der Waals surface area contributed by atoms with Crippen molar-refractivity contribution in [1.29, 1.82) is 0 Å². The fourth-order valence-corrected chi connectivity index (χ4v) is 1.74. The van der Waals surface area contributed by atoms with E-state index in [-0.39, 0.29) is 31.6 Å². The largest absolute Gasteiger partial charge is 0.460 e. The van der Waals surface area contributed by atoms with Crippen LogP contribution in [-0.2, 0) is 19.1 Å². The van der Waals surface area contributed by atoms with Gasteiger partial charge in [-0.3, -0.25) is 19.4 Å². The van der Waals surface area contributed by atoms with Crippen LogP contribution in [0.15, 0.2) is 0 Å². The van der Waals surface area contributed by atoms with Crippen LogP contribution in [-0.4, -0.2) is 67.6 Å². The van der Waals surface area contributed by atoms with Crippen LogP contribution >= 0.6 is 0 Å². The summed E-state index contributed by atoms with van der Waals surface area (Å²) in [4.78, 5) is 27.2. The Morgan fingerprint density at radius 1 is 0.810 bits per heavy atom. The maximum absolute atomic E-state index is 11.7. The van der Waals surface area contributed by atoms with Gasteiger partial charge in [-0.05, 0) is 33.1 Å². The number of ether oxygens (including phenoxy) is 2. The molecule has 0 aliphatic rings. The van der Waals surface area contributed by atoms with Gasteiger partial charge >= 0.3 is 11.9 Å². The van der Waals surface area contributed by atoms with E-state index in [1.54, 1.807) is 6.92 Å². The predicted molar refractivity (Wildman–Crippen MR) is 81.5 cm³/mol. The summed E-state index contributed by atoms with van der Waals surface area (Å²) in [5.74, 6) is -0.631. The Labute approximate surface area is 128 Å². The van der Waals surface area contributed by atoms with Crippen LogP contribution in [0.4, 0.5) is 0 Å². The highest BCUT2D eigenvalue weighted by Gasteiger charge is 2.16. The molecule has 0 rings (SSSR count). The molecular weight excluding hydrogens is 272 g/mol. The molecule has 0 aromatic heterocycles. The maximum atomic E-state index is 11.7. The van der Waals surface area contributed by atoms with Gasteiger partial charge in [0.05, 0.1) is 13.1 Å². The van der Waals surface area contributed by atoms with Gasteiger partial charge in [0.25, 0.3) is 0 Å². The van der Waals surface area contributed by atoms with Crippen LogP contribution in [0.2, 0.25) is 0 Å². The highest BCUT2D eigenvalue weighted by Crippen LogP contribution is 2.04. The van der Waals surface area contributed by atoms with E-state index in [1.165, 1.54) is 0 Å². The van der Waals surface area contributed by atoms with Gasteiger partial charge < -0.3 is 9.47 Å². The Morgan fingerprint density at radius 2 is 1.24 bits per heavy atom. The molecule has 0 saturated heterocycles. The zero-order chi connectivity index (χ0) is 16.3. The zero-order valence-electron chi connectivity index (χ0n) is 14.0. The molecule has 0 fully saturated rings. The molecule has 0 N–H and O–H groups in total. The number of carbonyl (C=O) groups excluding carboxylic acids is 2. The van der Waals surface area contributed by atoms with Gasteiger partial charge in [-0.2, -0.15) is 0 Å². The molecule has 21 heavy (non-hydrogen) atoms. The number of carbonyl (C=O) groups is 2. The second-order valence-corrected chi connectivity index (χ2v) is 4.76. The minimum atomic E-state index is -0.323. The van der Waals surface area contributed by atoms with E-state index in [2.05, 4.69) is 0 Å². The molecule has 0 aliphatic carbocycles. The fourth-order valence-electron chi connectivity index (χ4n) is 1.74. The topological polar surface area (TPSA) is 59.1 Å². The SMILES string of the molecule is CCN(CC)CC(=O)OC[C](C)OC(=O)CN(CC)CC. The highest BCUT2D eigenvalue weighted by atomic mass is 16.6. The summed E-state index contributed by atoms with van der Waals surface area (Å²) in [7, 11) is 0. The molecular formula is C15H29N2O4. The first-order chi connectivity index (χ1) is 9.96. The molecule has 0 saturated carbocycles. The molecule has 0 unspecified atom stereocenters. The predicted octanol–water partition coefficient (Wildman–Crippen LogP) is 1.31. The lowest BCUT2D eigenvalue weighted by atomic mass is 10.4. The first-order valence-corrected chi connectivity index (χ1v) is 7.60. The average molecular weight is 301 g/mol. The van der Waals surface area contributed by atoms with Gasteiger partial charge in [-0.25, -0.2) is 0 Å². The standard InChI is InChI=1S/C15H29N2O4/c1-6-16(7-2)10-14(18)20-12-13(5)21-15(19)11-17(8-3)9-4/h6-12H2,1-5H3. The molecule has 123 valence electrons. The molecule has 0 spiro atoms. The van der Waals surface area contributed by atoms with Gasteiger partial charge in [0.1, 0.15) is 6.61 Å². The van der Waals surface area contributed by atoms with Crippen molar-refractivity contribution in [3.8, 4) is 0 Å². The monoisotopic (exact) mass is 301 g/mol. The van der Waals surface area contributed by atoms with Gasteiger partial charge in [-0.1, -0.05) is 27.7 Å². The number of nitrogens with zero attached hydrogens (tertiary/aromatic N) is 2. The zero-order valence-corrected chi connectivity index (χ0v) is 14.0. The number of hydrogen-bond donors (Lipinski definition) is 0. The highest BCUT2D eigenvalue weighted by molar-refractivity contribution is 5.73. The van der Waals surface area contributed by atoms with E-state index in [1.807, 2.05) is 37.5 Å². The van der Waals surface area contributed by atoms with Crippen molar-refractivity contribution < 1.29 is 19.1 Å². The van der Waals surface area contributed by atoms with Gasteiger partial charge in [0.15, 0.2) is 6.10 Å². The average Bonchev–Trinajstić information content (AvgIpc) is 2.48. The molecule has 6 nitrogen and oxygen atoms in total. The summed E-state index contributed by atoms with van der Waals surface area (Å²) in [6, 6.07) is 0. The van der Waals surface area contributed by atoms with Crippen LogP contribution < -0.4 is 0 Å². The molecule has 0 amide bonds. The van der Waals surface area contributed by atoms with Gasteiger partial charge in [0.2, 0.25) is 0 Å². The molecule has 0 heterocycles. The molecule has 0 aromatic rings. The van der Waals surface area contributed by atoms with Crippen molar-refractivity contribution >= 4 is 11.9 Å². The third kappa shape index (κ3) is 9.42. The van der Waals surface area contributed by atoms with Gasteiger partial charge in [-0.15, -0.1) is 0 Å². The lowest BCUT2D eigenvalue weighted by Gasteiger charge is -2.19. The van der Waals surface area contributed by atoms with Crippen molar-refractivity contribution in [1.82, 2.24) is 9.80 Å². The first-order valence-electron chi connectivity index (χ1n) is 7.60. The van der Waals surface area contributed by atoms with E-state index in [4.69, 9.17) is 9.47 Å². The van der Waals surface area contributed by atoms with Crippen LogP contribution in [0.1, 0.15) is 34.6 Å². The second-order valence-electron chi connectivity index (χ2n) is 4.76. The number of rotatable bonds is 11. The van der Waals surface area contributed by atoms with Gasteiger partial charge in [0, 0.05) is 0 Å². The minimum Gasteiger partial charge on any atom is -0.460 e. The number of likely N-dealkylation sites (N-methyl/N-ethyl adjacent to an activating group) is 2. The summed E-state index contributed by atoms with van der Waals surface area (Å²) in [6.07, 6.45) is 0.403. The Balaban J connectivity index is 3.96.